The number of benzene rings is 1. The number of carbonyl (C=O) groups is 1. The molecule has 0 aliphatic carbocycles. The van der Waals surface area contributed by atoms with Gasteiger partial charge in [0.05, 0.1) is 5.69 Å². The van der Waals surface area contributed by atoms with Crippen LogP contribution in [-0.2, 0) is 4.79 Å². The van der Waals surface area contributed by atoms with Crippen LogP contribution in [0.2, 0.25) is 0 Å². The Hall–Kier alpha value is -0.870. The second-order valence-electron chi connectivity index (χ2n) is 4.88. The van der Waals surface area contributed by atoms with Crippen molar-refractivity contribution in [1.29, 1.82) is 0 Å². The molecule has 0 bridgehead atoms. The molecule has 1 aliphatic heterocycles. The second kappa shape index (κ2) is 6.34. The molecule has 1 unspecified atom stereocenters. The van der Waals surface area contributed by atoms with Crippen LogP contribution < -0.4 is 10.6 Å². The molecule has 1 heterocycles. The first-order valence-electron chi connectivity index (χ1n) is 6.42. The van der Waals surface area contributed by atoms with Crippen LogP contribution in [0.5, 0.6) is 0 Å². The van der Waals surface area contributed by atoms with E-state index in [1.54, 1.807) is 0 Å². The van der Waals surface area contributed by atoms with Crippen LogP contribution >= 0.6 is 15.9 Å². The zero-order valence-electron chi connectivity index (χ0n) is 10.6. The highest BCUT2D eigenvalue weighted by Crippen LogP contribution is 2.26. The van der Waals surface area contributed by atoms with Gasteiger partial charge in [-0.15, -0.1) is 0 Å². The quantitative estimate of drug-likeness (QED) is 0.897. The number of amides is 1. The largest absolute Gasteiger partial charge is 0.325 e. The summed E-state index contributed by atoms with van der Waals surface area (Å²) in [4.78, 5) is 11.9. The second-order valence-corrected chi connectivity index (χ2v) is 5.68. The van der Waals surface area contributed by atoms with Crippen LogP contribution in [-0.4, -0.2) is 19.0 Å². The van der Waals surface area contributed by atoms with Crippen LogP contribution in [0.3, 0.4) is 0 Å². The van der Waals surface area contributed by atoms with Gasteiger partial charge in [0.1, 0.15) is 0 Å². The van der Waals surface area contributed by atoms with E-state index in [0.717, 1.165) is 35.2 Å². The van der Waals surface area contributed by atoms with Gasteiger partial charge in [-0.1, -0.05) is 12.1 Å². The Morgan fingerprint density at radius 3 is 3.11 bits per heavy atom. The SMILES string of the molecule is Cc1cccc(NC(=O)CCC2CCNC2)c1Br. The zero-order valence-corrected chi connectivity index (χ0v) is 12.2. The topological polar surface area (TPSA) is 41.1 Å². The Bertz CT molecular complexity index is 428. The molecule has 18 heavy (non-hydrogen) atoms. The number of anilines is 1. The van der Waals surface area contributed by atoms with Crippen molar-refractivity contribution in [2.45, 2.75) is 26.2 Å². The third kappa shape index (κ3) is 3.56. The molecule has 98 valence electrons. The maximum absolute atomic E-state index is 11.9. The molecule has 2 rings (SSSR count). The van der Waals surface area contributed by atoms with Gasteiger partial charge < -0.3 is 10.6 Å². The number of rotatable bonds is 4. The average Bonchev–Trinajstić information content (AvgIpc) is 2.86. The number of hydrogen-bond donors (Lipinski definition) is 2. The van der Waals surface area contributed by atoms with Gasteiger partial charge in [-0.2, -0.15) is 0 Å². The van der Waals surface area contributed by atoms with Gasteiger partial charge in [-0.3, -0.25) is 4.79 Å². The van der Waals surface area contributed by atoms with Crippen molar-refractivity contribution in [3.05, 3.63) is 28.2 Å². The molecule has 2 N–H and O–H groups in total. The molecular formula is C14H19BrN2O. The van der Waals surface area contributed by atoms with Crippen LogP contribution in [0.4, 0.5) is 5.69 Å². The summed E-state index contributed by atoms with van der Waals surface area (Å²) < 4.78 is 0.973. The van der Waals surface area contributed by atoms with E-state index in [4.69, 9.17) is 0 Å². The van der Waals surface area contributed by atoms with Gasteiger partial charge >= 0.3 is 0 Å². The lowest BCUT2D eigenvalue weighted by molar-refractivity contribution is -0.116. The van der Waals surface area contributed by atoms with E-state index in [-0.39, 0.29) is 5.91 Å². The molecule has 1 aliphatic rings. The van der Waals surface area contributed by atoms with E-state index in [9.17, 15) is 4.79 Å². The van der Waals surface area contributed by atoms with Crippen molar-refractivity contribution in [2.24, 2.45) is 5.92 Å². The smallest absolute Gasteiger partial charge is 0.224 e. The fourth-order valence-electron chi connectivity index (χ4n) is 2.25. The Morgan fingerprint density at radius 1 is 1.56 bits per heavy atom. The Kier molecular flexibility index (Phi) is 4.78. The van der Waals surface area contributed by atoms with E-state index in [0.29, 0.717) is 12.3 Å². The summed E-state index contributed by atoms with van der Waals surface area (Å²) in [5, 5.41) is 6.29. The van der Waals surface area contributed by atoms with Gasteiger partial charge in [0.25, 0.3) is 0 Å². The normalized spacial score (nSPS) is 18.9. The summed E-state index contributed by atoms with van der Waals surface area (Å²) >= 11 is 3.50. The molecule has 0 aromatic heterocycles. The Balaban J connectivity index is 1.84. The highest BCUT2D eigenvalue weighted by Gasteiger charge is 2.16. The molecule has 1 aromatic carbocycles. The van der Waals surface area contributed by atoms with E-state index < -0.39 is 0 Å². The van der Waals surface area contributed by atoms with Crippen molar-refractivity contribution in [2.75, 3.05) is 18.4 Å². The fraction of sp³-hybridized carbons (Fsp3) is 0.500. The number of hydrogen-bond acceptors (Lipinski definition) is 2. The van der Waals surface area contributed by atoms with Crippen molar-refractivity contribution in [1.82, 2.24) is 5.32 Å². The van der Waals surface area contributed by atoms with E-state index in [2.05, 4.69) is 26.6 Å². The fourth-order valence-corrected chi connectivity index (χ4v) is 2.62. The van der Waals surface area contributed by atoms with Gasteiger partial charge in [0.15, 0.2) is 0 Å². The predicted molar refractivity (Wildman–Crippen MR) is 77.7 cm³/mol. The van der Waals surface area contributed by atoms with Gasteiger partial charge in [0, 0.05) is 10.9 Å². The highest BCUT2D eigenvalue weighted by molar-refractivity contribution is 9.10. The first-order valence-corrected chi connectivity index (χ1v) is 7.22. The molecule has 3 nitrogen and oxygen atoms in total. The van der Waals surface area contributed by atoms with E-state index in [1.807, 2.05) is 25.1 Å². The molecule has 1 fully saturated rings. The molecule has 1 atom stereocenters. The summed E-state index contributed by atoms with van der Waals surface area (Å²) in [5.41, 5.74) is 2.00. The third-order valence-electron chi connectivity index (χ3n) is 3.41. The summed E-state index contributed by atoms with van der Waals surface area (Å²) in [6, 6.07) is 5.90. The molecule has 0 spiro atoms. The van der Waals surface area contributed by atoms with Crippen LogP contribution in [0.25, 0.3) is 0 Å². The summed E-state index contributed by atoms with van der Waals surface area (Å²) in [6.07, 6.45) is 2.77. The number of nitrogens with one attached hydrogen (secondary N) is 2. The van der Waals surface area contributed by atoms with Crippen molar-refractivity contribution >= 4 is 27.5 Å². The number of carbonyl (C=O) groups excluding carboxylic acids is 1. The molecule has 1 amide bonds. The molecule has 4 heteroatoms. The first-order chi connectivity index (χ1) is 8.66. The predicted octanol–water partition coefficient (Wildman–Crippen LogP) is 3.09. The van der Waals surface area contributed by atoms with Gasteiger partial charge in [-0.25, -0.2) is 0 Å². The van der Waals surface area contributed by atoms with Crippen molar-refractivity contribution in [3.8, 4) is 0 Å². The lowest BCUT2D eigenvalue weighted by Crippen LogP contribution is -2.15. The maximum atomic E-state index is 11.9. The summed E-state index contributed by atoms with van der Waals surface area (Å²) in [6.45, 7) is 4.17. The lowest BCUT2D eigenvalue weighted by atomic mass is 10.0. The average molecular weight is 311 g/mol. The molecule has 0 saturated carbocycles. The third-order valence-corrected chi connectivity index (χ3v) is 4.46. The highest BCUT2D eigenvalue weighted by atomic mass is 79.9. The molecular weight excluding hydrogens is 292 g/mol. The van der Waals surface area contributed by atoms with E-state index >= 15 is 0 Å². The minimum Gasteiger partial charge on any atom is -0.325 e. The molecule has 1 aromatic rings. The van der Waals surface area contributed by atoms with Gasteiger partial charge in [0.2, 0.25) is 5.91 Å². The summed E-state index contributed by atoms with van der Waals surface area (Å²) in [5.74, 6) is 0.768. The van der Waals surface area contributed by atoms with Crippen LogP contribution in [0.15, 0.2) is 22.7 Å². The first kappa shape index (κ1) is 13.6. The molecule has 0 radical (unpaired) electrons. The number of halogens is 1. The van der Waals surface area contributed by atoms with Crippen molar-refractivity contribution < 1.29 is 4.79 Å². The standard InChI is InChI=1S/C14H19BrN2O/c1-10-3-2-4-12(14(10)15)17-13(18)6-5-11-7-8-16-9-11/h2-4,11,16H,5-9H2,1H3,(H,17,18). The minimum absolute atomic E-state index is 0.105. The maximum Gasteiger partial charge on any atom is 0.224 e. The van der Waals surface area contributed by atoms with Crippen LogP contribution in [0, 0.1) is 12.8 Å². The van der Waals surface area contributed by atoms with Gasteiger partial charge in [-0.05, 0) is 66.3 Å². The van der Waals surface area contributed by atoms with Crippen LogP contribution in [0.1, 0.15) is 24.8 Å². The molecule has 1 saturated heterocycles. The Labute approximate surface area is 116 Å². The Morgan fingerprint density at radius 2 is 2.39 bits per heavy atom. The minimum atomic E-state index is 0.105. The zero-order chi connectivity index (χ0) is 13.0. The number of aryl methyl sites for hydroxylation is 1. The summed E-state index contributed by atoms with van der Waals surface area (Å²) in [7, 11) is 0. The monoisotopic (exact) mass is 310 g/mol. The lowest BCUT2D eigenvalue weighted by Gasteiger charge is -2.11. The van der Waals surface area contributed by atoms with Crippen molar-refractivity contribution in [3.63, 3.8) is 0 Å². The van der Waals surface area contributed by atoms with E-state index in [1.165, 1.54) is 6.42 Å².